The Kier molecular flexibility index (Phi) is 5.09. The predicted molar refractivity (Wildman–Crippen MR) is 132 cm³/mol. The van der Waals surface area contributed by atoms with Gasteiger partial charge in [0.25, 0.3) is 5.56 Å². The van der Waals surface area contributed by atoms with Crippen molar-refractivity contribution in [1.82, 2.24) is 4.68 Å². The molecule has 3 aromatic carbocycles. The second-order valence-corrected chi connectivity index (χ2v) is 9.44. The molecule has 9 heteroatoms. The number of nitrogens with zero attached hydrogens (tertiary/aromatic N) is 2. The monoisotopic (exact) mass is 462 g/mol. The minimum atomic E-state index is -3.55. The van der Waals surface area contributed by atoms with Crippen LogP contribution in [0.5, 0.6) is 5.75 Å². The van der Waals surface area contributed by atoms with Gasteiger partial charge in [0.05, 0.1) is 17.7 Å². The Bertz CT molecular complexity index is 1460. The van der Waals surface area contributed by atoms with Gasteiger partial charge in [-0.1, -0.05) is 64.9 Å². The molecule has 4 aromatic rings. The number of amidine groups is 1. The van der Waals surface area contributed by atoms with Crippen molar-refractivity contribution in [2.24, 2.45) is 4.40 Å². The summed E-state index contributed by atoms with van der Waals surface area (Å²) < 4.78 is 26.6. The van der Waals surface area contributed by atoms with E-state index >= 15 is 0 Å². The van der Waals surface area contributed by atoms with E-state index in [1.807, 2.05) is 31.2 Å². The number of aromatic hydroxyl groups is 1. The second-order valence-electron chi connectivity index (χ2n) is 7.78. The number of hydrogen-bond donors (Lipinski definition) is 5. The van der Waals surface area contributed by atoms with Crippen LogP contribution in [0.4, 0.5) is 5.69 Å². The van der Waals surface area contributed by atoms with Crippen LogP contribution >= 0.6 is 10.8 Å². The Labute approximate surface area is 191 Å². The van der Waals surface area contributed by atoms with Crippen LogP contribution in [-0.2, 0) is 6.54 Å². The highest BCUT2D eigenvalue weighted by molar-refractivity contribution is 8.23. The molecule has 5 N–H and O–H groups in total. The lowest BCUT2D eigenvalue weighted by Crippen LogP contribution is -2.36. The molecule has 1 aromatic heterocycles. The highest BCUT2D eigenvalue weighted by Crippen LogP contribution is 2.55. The Morgan fingerprint density at radius 3 is 2.48 bits per heavy atom. The quantitative estimate of drug-likeness (QED) is 0.301. The zero-order valence-electron chi connectivity index (χ0n) is 17.7. The van der Waals surface area contributed by atoms with Gasteiger partial charge in [0, 0.05) is 5.39 Å². The minimum Gasteiger partial charge on any atom is -0.506 e. The minimum absolute atomic E-state index is 0.104. The van der Waals surface area contributed by atoms with Gasteiger partial charge in [0.1, 0.15) is 16.2 Å². The Hall–Kier alpha value is -3.79. The molecule has 0 amide bonds. The van der Waals surface area contributed by atoms with Crippen molar-refractivity contribution in [3.05, 3.63) is 99.8 Å². The summed E-state index contributed by atoms with van der Waals surface area (Å²) in [6, 6.07) is 21.5. The number of fused-ring (bicyclic) bond motifs is 2. The summed E-state index contributed by atoms with van der Waals surface area (Å²) in [5.41, 5.74) is 5.41. The van der Waals surface area contributed by atoms with Crippen LogP contribution in [0.2, 0.25) is 0 Å². The second kappa shape index (κ2) is 7.96. The number of para-hydroxylation sites is 2. The lowest BCUT2D eigenvalue weighted by Gasteiger charge is -2.34. The van der Waals surface area contributed by atoms with E-state index in [9.17, 15) is 19.0 Å². The maximum Gasteiger partial charge on any atom is 0.284 e. The van der Waals surface area contributed by atoms with Crippen LogP contribution in [0.3, 0.4) is 0 Å². The third-order valence-electron chi connectivity index (χ3n) is 5.51. The van der Waals surface area contributed by atoms with Crippen molar-refractivity contribution in [3.63, 3.8) is 0 Å². The van der Waals surface area contributed by atoms with Gasteiger partial charge in [-0.15, -0.1) is 4.40 Å². The molecule has 0 saturated heterocycles. The smallest absolute Gasteiger partial charge is 0.284 e. The SMILES string of the molecule is Cc1ccc(CNn2c(=O)c(C3=NS(O)(O)c4ccccc4N3)c(O)c3ccccc32)cc1. The molecule has 1 aliphatic rings. The van der Waals surface area contributed by atoms with Gasteiger partial charge < -0.3 is 15.8 Å². The van der Waals surface area contributed by atoms with Gasteiger partial charge in [-0.3, -0.25) is 13.9 Å². The van der Waals surface area contributed by atoms with E-state index in [1.165, 1.54) is 4.68 Å². The average Bonchev–Trinajstić information content (AvgIpc) is 2.80. The molecule has 0 fully saturated rings. The zero-order chi connectivity index (χ0) is 23.2. The summed E-state index contributed by atoms with van der Waals surface area (Å²) in [6.07, 6.45) is 0. The maximum absolute atomic E-state index is 13.6. The summed E-state index contributed by atoms with van der Waals surface area (Å²) in [5, 5.41) is 14.4. The van der Waals surface area contributed by atoms with Crippen LogP contribution in [0.15, 0.2) is 86.9 Å². The Morgan fingerprint density at radius 2 is 1.70 bits per heavy atom. The highest BCUT2D eigenvalue weighted by atomic mass is 32.3. The molecule has 1 aliphatic heterocycles. The largest absolute Gasteiger partial charge is 0.506 e. The van der Waals surface area contributed by atoms with E-state index in [1.54, 1.807) is 48.5 Å². The molecule has 0 saturated carbocycles. The first-order valence-corrected chi connectivity index (χ1v) is 11.8. The molecule has 0 atom stereocenters. The molecule has 8 nitrogen and oxygen atoms in total. The summed E-state index contributed by atoms with van der Waals surface area (Å²) in [5.74, 6) is -0.391. The standard InChI is InChI=1S/C24H22N4O4S/c1-15-10-12-16(13-11-15)14-25-28-19-8-4-2-6-17(19)22(29)21(24(28)30)23-26-18-7-3-5-9-20(18)33(31,32)27-23/h2-13,25,29,31-32H,14H2,1H3,(H,26,27). The number of pyridine rings is 1. The summed E-state index contributed by atoms with van der Waals surface area (Å²) >= 11 is 0. The van der Waals surface area contributed by atoms with E-state index in [2.05, 4.69) is 15.1 Å². The fourth-order valence-electron chi connectivity index (χ4n) is 3.82. The van der Waals surface area contributed by atoms with Crippen molar-refractivity contribution in [2.75, 3.05) is 10.7 Å². The number of anilines is 1. The molecule has 33 heavy (non-hydrogen) atoms. The normalized spacial score (nSPS) is 15.3. The summed E-state index contributed by atoms with van der Waals surface area (Å²) in [4.78, 5) is 13.8. The molecule has 5 rings (SSSR count). The van der Waals surface area contributed by atoms with Gasteiger partial charge in [0.2, 0.25) is 0 Å². The van der Waals surface area contributed by atoms with Crippen molar-refractivity contribution < 1.29 is 14.2 Å². The Balaban J connectivity index is 1.65. The van der Waals surface area contributed by atoms with Crippen LogP contribution < -0.4 is 16.3 Å². The summed E-state index contributed by atoms with van der Waals surface area (Å²) in [6.45, 7) is 2.37. The molecule has 0 spiro atoms. The topological polar surface area (TPSA) is 119 Å². The first-order valence-electron chi connectivity index (χ1n) is 10.3. The van der Waals surface area contributed by atoms with E-state index < -0.39 is 16.3 Å². The number of hydrogen-bond acceptors (Lipinski definition) is 7. The molecule has 0 unspecified atom stereocenters. The van der Waals surface area contributed by atoms with Gasteiger partial charge in [0.15, 0.2) is 5.84 Å². The van der Waals surface area contributed by atoms with Gasteiger partial charge in [-0.05, 0) is 36.8 Å². The van der Waals surface area contributed by atoms with E-state index in [0.29, 0.717) is 23.1 Å². The molecular weight excluding hydrogens is 440 g/mol. The number of benzene rings is 3. The first kappa shape index (κ1) is 21.1. The fraction of sp³-hybridized carbons (Fsp3) is 0.0833. The van der Waals surface area contributed by atoms with E-state index in [4.69, 9.17) is 0 Å². The number of nitrogens with one attached hydrogen (secondary N) is 2. The highest BCUT2D eigenvalue weighted by Gasteiger charge is 2.30. The lowest BCUT2D eigenvalue weighted by atomic mass is 10.1. The van der Waals surface area contributed by atoms with Crippen molar-refractivity contribution in [1.29, 1.82) is 0 Å². The van der Waals surface area contributed by atoms with Gasteiger partial charge in [-0.25, -0.2) is 4.68 Å². The van der Waals surface area contributed by atoms with Crippen LogP contribution in [-0.4, -0.2) is 24.7 Å². The third-order valence-corrected chi connectivity index (χ3v) is 6.89. The van der Waals surface area contributed by atoms with Crippen LogP contribution in [0, 0.1) is 6.92 Å². The number of aromatic nitrogens is 1. The molecule has 2 heterocycles. The van der Waals surface area contributed by atoms with E-state index in [-0.39, 0.29) is 22.0 Å². The van der Waals surface area contributed by atoms with Gasteiger partial charge >= 0.3 is 0 Å². The predicted octanol–water partition coefficient (Wildman–Crippen LogP) is 4.66. The lowest BCUT2D eigenvalue weighted by molar-refractivity contribution is 0.478. The summed E-state index contributed by atoms with van der Waals surface area (Å²) in [7, 11) is -3.55. The molecule has 0 radical (unpaired) electrons. The number of aryl methyl sites for hydroxylation is 1. The maximum atomic E-state index is 13.6. The zero-order valence-corrected chi connectivity index (χ0v) is 18.5. The third kappa shape index (κ3) is 3.72. The molecule has 0 aliphatic carbocycles. The van der Waals surface area contributed by atoms with Crippen molar-refractivity contribution in [3.8, 4) is 5.75 Å². The average molecular weight is 463 g/mol. The van der Waals surface area contributed by atoms with Crippen molar-refractivity contribution in [2.45, 2.75) is 18.4 Å². The number of rotatable bonds is 4. The van der Waals surface area contributed by atoms with Crippen molar-refractivity contribution >= 4 is 33.2 Å². The van der Waals surface area contributed by atoms with E-state index in [0.717, 1.165) is 11.1 Å². The Morgan fingerprint density at radius 1 is 1.00 bits per heavy atom. The van der Waals surface area contributed by atoms with Crippen LogP contribution in [0.1, 0.15) is 16.7 Å². The van der Waals surface area contributed by atoms with Crippen LogP contribution in [0.25, 0.3) is 10.9 Å². The molecule has 168 valence electrons. The molecule has 0 bridgehead atoms. The molecular formula is C24H22N4O4S. The first-order chi connectivity index (χ1) is 15.8. The van der Waals surface area contributed by atoms with Gasteiger partial charge in [-0.2, -0.15) is 0 Å². The fourth-order valence-corrected chi connectivity index (χ4v) is 4.98.